The van der Waals surface area contributed by atoms with Crippen LogP contribution in [0.5, 0.6) is 17.2 Å². The van der Waals surface area contributed by atoms with Gasteiger partial charge in [0.05, 0.1) is 18.6 Å². The summed E-state index contributed by atoms with van der Waals surface area (Å²) in [6, 6.07) is 30.2. The highest BCUT2D eigenvalue weighted by atomic mass is 32.2. The van der Waals surface area contributed by atoms with Crippen molar-refractivity contribution in [2.75, 3.05) is 22.5 Å². The quantitative estimate of drug-likeness (QED) is 0.0752. The molecule has 0 saturated carbocycles. The normalized spacial score (nSPS) is 12.4. The zero-order chi connectivity index (χ0) is 36.3. The Bertz CT molecular complexity index is 1900. The molecule has 0 fully saturated rings. The number of carboxylic acids is 1. The largest absolute Gasteiger partial charge is 0.493 e. The van der Waals surface area contributed by atoms with Crippen molar-refractivity contribution in [3.05, 3.63) is 114 Å². The molecule has 4 aromatic carbocycles. The number of amides is 1. The van der Waals surface area contributed by atoms with E-state index in [1.54, 1.807) is 30.3 Å². The summed E-state index contributed by atoms with van der Waals surface area (Å²) in [7, 11) is -3.45. The number of benzene rings is 4. The van der Waals surface area contributed by atoms with E-state index in [1.165, 1.54) is 0 Å². The Morgan fingerprint density at radius 1 is 0.840 bits per heavy atom. The Kier molecular flexibility index (Phi) is 12.6. The summed E-state index contributed by atoms with van der Waals surface area (Å²) in [6.45, 7) is 3.17. The van der Waals surface area contributed by atoms with Gasteiger partial charge in [0.2, 0.25) is 15.9 Å². The molecule has 0 aliphatic heterocycles. The fourth-order valence-corrected chi connectivity index (χ4v) is 5.91. The van der Waals surface area contributed by atoms with Crippen LogP contribution in [0.1, 0.15) is 42.4 Å². The van der Waals surface area contributed by atoms with Crippen LogP contribution in [0.2, 0.25) is 0 Å². The number of sulfonamides is 1. The smallest absolute Gasteiger partial charge is 0.331 e. The molecule has 4 aromatic rings. The monoisotopic (exact) mass is 702 g/mol. The molecule has 4 rings (SSSR count). The Balaban J connectivity index is 1.39. The Morgan fingerprint density at radius 3 is 2.12 bits per heavy atom. The number of Topliss-reactive ketones (excluding diaryl/α,β-unsaturated/α-hetero) is 1. The second kappa shape index (κ2) is 16.8. The number of nitrogens with zero attached hydrogens (tertiary/aromatic N) is 1. The molecule has 50 heavy (non-hydrogen) atoms. The maximum absolute atomic E-state index is 12.5. The Morgan fingerprint density at radius 2 is 1.48 bits per heavy atom. The van der Waals surface area contributed by atoms with Crippen LogP contribution in [0.3, 0.4) is 0 Å². The summed E-state index contributed by atoms with van der Waals surface area (Å²) >= 11 is 0. The zero-order valence-electron chi connectivity index (χ0n) is 28.0. The lowest BCUT2D eigenvalue weighted by molar-refractivity contribution is -0.148. The first kappa shape index (κ1) is 37.4. The number of nitrogens with one attached hydrogen (secondary N) is 1. The number of anilines is 2. The molecular weight excluding hydrogens is 660 g/mol. The predicted molar refractivity (Wildman–Crippen MR) is 192 cm³/mol. The Hall–Kier alpha value is -5.40. The number of carbonyl (C=O) groups excluding carboxylic acids is 2. The molecule has 1 amide bonds. The van der Waals surface area contributed by atoms with Crippen LogP contribution in [0.15, 0.2) is 97.1 Å². The maximum Gasteiger partial charge on any atom is 0.331 e. The number of carbonyl (C=O) groups is 3. The standard InChI is InChI=1S/C37H42N4O8S/c1-26-32(40-50(2,46)47)13-7-14-33(26)41(24-27-9-4-3-5-10-27)25-28-16-18-29(19-17-28)49-31-12-6-11-30(23-31)48-22-8-15-34(42)37(39,36(44)45)21-20-35(38)43/h3-7,9-14,16-19,23,40H,8,15,20-22,24-25,39H2,1-2H3,(H2,38,43)(H,44,45)/t37-/m1/s1. The number of hydrogen-bond acceptors (Lipinski definition) is 9. The van der Waals surface area contributed by atoms with Crippen molar-refractivity contribution in [3.63, 3.8) is 0 Å². The minimum absolute atomic E-state index is 0.127. The molecule has 0 aromatic heterocycles. The molecule has 0 bridgehead atoms. The van der Waals surface area contributed by atoms with Crippen LogP contribution in [0.25, 0.3) is 0 Å². The highest BCUT2D eigenvalue weighted by Gasteiger charge is 2.41. The van der Waals surface area contributed by atoms with E-state index in [9.17, 15) is 27.9 Å². The van der Waals surface area contributed by atoms with E-state index in [0.29, 0.717) is 36.0 Å². The third-order valence-electron chi connectivity index (χ3n) is 7.96. The van der Waals surface area contributed by atoms with Crippen LogP contribution in [0.4, 0.5) is 11.4 Å². The molecule has 0 aliphatic carbocycles. The number of aliphatic carboxylic acids is 1. The van der Waals surface area contributed by atoms with Gasteiger partial charge in [-0.3, -0.25) is 14.3 Å². The number of ether oxygens (including phenoxy) is 2. The summed E-state index contributed by atoms with van der Waals surface area (Å²) < 4.78 is 38.4. The fraction of sp³-hybridized carbons (Fsp3) is 0.270. The topological polar surface area (TPSA) is 191 Å². The first-order chi connectivity index (χ1) is 23.7. The van der Waals surface area contributed by atoms with E-state index in [4.69, 9.17) is 20.9 Å². The van der Waals surface area contributed by atoms with Gasteiger partial charge in [-0.25, -0.2) is 13.2 Å². The fourth-order valence-electron chi connectivity index (χ4n) is 5.29. The zero-order valence-corrected chi connectivity index (χ0v) is 28.8. The predicted octanol–water partition coefficient (Wildman–Crippen LogP) is 5.14. The minimum Gasteiger partial charge on any atom is -0.493 e. The van der Waals surface area contributed by atoms with Gasteiger partial charge in [0.1, 0.15) is 17.2 Å². The number of hydrogen-bond donors (Lipinski definition) is 4. The van der Waals surface area contributed by atoms with Gasteiger partial charge in [0, 0.05) is 37.7 Å². The highest BCUT2D eigenvalue weighted by Crippen LogP contribution is 2.31. The SMILES string of the molecule is Cc1c(NS(C)(=O)=O)cccc1N(Cc1ccccc1)Cc1ccc(Oc2cccc(OCCCC(=O)[C@](N)(CCC(N)=O)C(=O)O)c2)cc1. The van der Waals surface area contributed by atoms with Gasteiger partial charge in [-0.15, -0.1) is 0 Å². The third-order valence-corrected chi connectivity index (χ3v) is 8.55. The summed E-state index contributed by atoms with van der Waals surface area (Å²) in [5.41, 5.74) is 13.1. The van der Waals surface area contributed by atoms with Crippen molar-refractivity contribution in [1.29, 1.82) is 0 Å². The number of ketones is 1. The lowest BCUT2D eigenvalue weighted by Crippen LogP contribution is -2.55. The van der Waals surface area contributed by atoms with Gasteiger partial charge in [-0.05, 0) is 72.9 Å². The van der Waals surface area contributed by atoms with E-state index in [-0.39, 0.29) is 32.3 Å². The molecule has 0 radical (unpaired) electrons. The van der Waals surface area contributed by atoms with Crippen molar-refractivity contribution in [2.24, 2.45) is 11.5 Å². The van der Waals surface area contributed by atoms with Gasteiger partial charge < -0.3 is 30.9 Å². The molecule has 0 aliphatic rings. The van der Waals surface area contributed by atoms with Crippen LogP contribution < -0.4 is 30.6 Å². The number of nitrogens with two attached hydrogens (primary N) is 2. The first-order valence-electron chi connectivity index (χ1n) is 15.9. The van der Waals surface area contributed by atoms with Crippen LogP contribution >= 0.6 is 0 Å². The van der Waals surface area contributed by atoms with E-state index >= 15 is 0 Å². The van der Waals surface area contributed by atoms with Crippen LogP contribution in [-0.4, -0.2) is 49.6 Å². The van der Waals surface area contributed by atoms with Crippen molar-refractivity contribution < 1.29 is 37.4 Å². The molecule has 13 heteroatoms. The number of rotatable bonds is 19. The van der Waals surface area contributed by atoms with E-state index in [0.717, 1.165) is 28.6 Å². The molecule has 0 spiro atoms. The number of carboxylic acid groups (broad SMARTS) is 1. The summed E-state index contributed by atoms with van der Waals surface area (Å²) in [5.74, 6) is -1.31. The van der Waals surface area contributed by atoms with Crippen molar-refractivity contribution >= 4 is 39.1 Å². The summed E-state index contributed by atoms with van der Waals surface area (Å²) in [6.07, 6.45) is 0.520. The summed E-state index contributed by atoms with van der Waals surface area (Å²) in [4.78, 5) is 37.4. The average molecular weight is 703 g/mol. The van der Waals surface area contributed by atoms with Gasteiger partial charge in [-0.1, -0.05) is 54.6 Å². The first-order valence-corrected chi connectivity index (χ1v) is 17.8. The second-order valence-corrected chi connectivity index (χ2v) is 13.8. The van der Waals surface area contributed by atoms with Crippen molar-refractivity contribution in [2.45, 2.75) is 51.2 Å². The van der Waals surface area contributed by atoms with E-state index in [2.05, 4.69) is 9.62 Å². The van der Waals surface area contributed by atoms with Crippen molar-refractivity contribution in [1.82, 2.24) is 0 Å². The van der Waals surface area contributed by atoms with Crippen molar-refractivity contribution in [3.8, 4) is 17.2 Å². The van der Waals surface area contributed by atoms with Crippen LogP contribution in [0, 0.1) is 6.92 Å². The molecule has 0 heterocycles. The van der Waals surface area contributed by atoms with Gasteiger partial charge in [0.25, 0.3) is 0 Å². The second-order valence-electron chi connectivity index (χ2n) is 12.0. The lowest BCUT2D eigenvalue weighted by Gasteiger charge is -2.28. The maximum atomic E-state index is 12.5. The number of primary amides is 1. The van der Waals surface area contributed by atoms with E-state index in [1.807, 2.05) is 73.7 Å². The lowest BCUT2D eigenvalue weighted by atomic mass is 9.87. The summed E-state index contributed by atoms with van der Waals surface area (Å²) in [5, 5.41) is 9.44. The van der Waals surface area contributed by atoms with Gasteiger partial charge in [-0.2, -0.15) is 0 Å². The average Bonchev–Trinajstić information content (AvgIpc) is 3.07. The molecule has 264 valence electrons. The Labute approximate surface area is 292 Å². The van der Waals surface area contributed by atoms with Crippen LogP contribution in [-0.2, 0) is 37.5 Å². The van der Waals surface area contributed by atoms with E-state index < -0.39 is 33.2 Å². The van der Waals surface area contributed by atoms with Gasteiger partial charge in [0.15, 0.2) is 11.3 Å². The minimum atomic E-state index is -3.45. The van der Waals surface area contributed by atoms with Gasteiger partial charge >= 0.3 is 5.97 Å². The molecule has 1 atom stereocenters. The molecule has 12 nitrogen and oxygen atoms in total. The molecular formula is C37H42N4O8S. The third kappa shape index (κ3) is 10.8. The molecule has 0 unspecified atom stereocenters. The molecule has 6 N–H and O–H groups in total. The molecule has 0 saturated heterocycles. The highest BCUT2D eigenvalue weighted by molar-refractivity contribution is 7.92.